The third-order valence-electron chi connectivity index (χ3n) is 4.76. The van der Waals surface area contributed by atoms with Gasteiger partial charge in [0.15, 0.2) is 0 Å². The van der Waals surface area contributed by atoms with Gasteiger partial charge in [0.2, 0.25) is 0 Å². The number of ether oxygens (including phenoxy) is 1. The van der Waals surface area contributed by atoms with E-state index in [1.807, 2.05) is 13.8 Å². The van der Waals surface area contributed by atoms with Gasteiger partial charge in [-0.05, 0) is 43.9 Å². The van der Waals surface area contributed by atoms with Gasteiger partial charge < -0.3 is 10.2 Å². The standard InChI is InChI=1S/C18H23N3O4S/c1-13-3-6-16(7-4-13)26(23,24)20-19-14(2)17-9-15-5-8-18(17)21(10-15)11-25-12-22/h3-8,12,15,18-20H,9-11H2,1-2H3/b17-14-. The van der Waals surface area contributed by atoms with E-state index in [-0.39, 0.29) is 17.7 Å². The Morgan fingerprint density at radius 1 is 1.31 bits per heavy atom. The van der Waals surface area contributed by atoms with E-state index in [4.69, 9.17) is 4.74 Å². The van der Waals surface area contributed by atoms with E-state index in [9.17, 15) is 13.2 Å². The summed E-state index contributed by atoms with van der Waals surface area (Å²) in [6.45, 7) is 5.24. The van der Waals surface area contributed by atoms with Crippen LogP contribution in [0.3, 0.4) is 0 Å². The largest absolute Gasteiger partial charge is 0.452 e. The van der Waals surface area contributed by atoms with Gasteiger partial charge in [-0.15, -0.1) is 4.83 Å². The molecule has 8 heteroatoms. The van der Waals surface area contributed by atoms with Gasteiger partial charge in [-0.2, -0.15) is 0 Å². The lowest BCUT2D eigenvalue weighted by Crippen LogP contribution is -2.49. The highest BCUT2D eigenvalue weighted by molar-refractivity contribution is 7.89. The van der Waals surface area contributed by atoms with Crippen molar-refractivity contribution < 1.29 is 17.9 Å². The average Bonchev–Trinajstić information content (AvgIpc) is 2.65. The van der Waals surface area contributed by atoms with Crippen LogP contribution in [-0.4, -0.2) is 39.1 Å². The summed E-state index contributed by atoms with van der Waals surface area (Å²) in [7, 11) is -3.65. The van der Waals surface area contributed by atoms with Crippen molar-refractivity contribution in [3.8, 4) is 0 Å². The van der Waals surface area contributed by atoms with E-state index >= 15 is 0 Å². The number of sulfonamides is 1. The van der Waals surface area contributed by atoms with Gasteiger partial charge in [-0.25, -0.2) is 8.42 Å². The summed E-state index contributed by atoms with van der Waals surface area (Å²) in [5.41, 5.74) is 5.68. The average molecular weight is 377 g/mol. The van der Waals surface area contributed by atoms with Crippen LogP contribution in [0.4, 0.5) is 0 Å². The minimum Gasteiger partial charge on any atom is -0.452 e. The molecule has 3 aliphatic rings. The molecule has 7 nitrogen and oxygen atoms in total. The molecule has 0 amide bonds. The number of piperidine rings is 1. The van der Waals surface area contributed by atoms with Gasteiger partial charge in [-0.3, -0.25) is 9.69 Å². The molecule has 0 saturated carbocycles. The molecule has 0 radical (unpaired) electrons. The van der Waals surface area contributed by atoms with E-state index in [1.165, 1.54) is 0 Å². The molecule has 1 fully saturated rings. The Hall–Kier alpha value is -2.16. The molecular formula is C18H23N3O4S. The highest BCUT2D eigenvalue weighted by Crippen LogP contribution is 2.34. The lowest BCUT2D eigenvalue weighted by molar-refractivity contribution is -0.134. The van der Waals surface area contributed by atoms with Gasteiger partial charge in [0.05, 0.1) is 10.9 Å². The van der Waals surface area contributed by atoms with E-state index in [2.05, 4.69) is 27.3 Å². The van der Waals surface area contributed by atoms with Crippen molar-refractivity contribution in [2.45, 2.75) is 31.2 Å². The summed E-state index contributed by atoms with van der Waals surface area (Å²) in [5.74, 6) is 0.329. The number of hydrogen-bond acceptors (Lipinski definition) is 6. The second-order valence-electron chi connectivity index (χ2n) is 6.65. The van der Waals surface area contributed by atoms with Crippen LogP contribution in [0.15, 0.2) is 52.6 Å². The zero-order valence-electron chi connectivity index (χ0n) is 14.8. The van der Waals surface area contributed by atoms with Crippen molar-refractivity contribution in [3.05, 3.63) is 53.3 Å². The molecule has 0 spiro atoms. The number of benzene rings is 1. The number of aryl methyl sites for hydroxylation is 1. The number of allylic oxidation sites excluding steroid dienone is 1. The fraction of sp³-hybridized carbons (Fsp3) is 0.389. The molecule has 1 aromatic carbocycles. The Morgan fingerprint density at radius 2 is 2.04 bits per heavy atom. The molecule has 26 heavy (non-hydrogen) atoms. The number of nitrogens with zero attached hydrogens (tertiary/aromatic N) is 1. The maximum Gasteiger partial charge on any atom is 0.294 e. The lowest BCUT2D eigenvalue weighted by atomic mass is 9.81. The fourth-order valence-electron chi connectivity index (χ4n) is 3.37. The zero-order chi connectivity index (χ0) is 18.7. The Morgan fingerprint density at radius 3 is 2.69 bits per heavy atom. The van der Waals surface area contributed by atoms with Crippen molar-refractivity contribution in [2.75, 3.05) is 13.3 Å². The van der Waals surface area contributed by atoms with Crippen LogP contribution >= 0.6 is 0 Å². The summed E-state index contributed by atoms with van der Waals surface area (Å²) < 4.78 is 29.7. The van der Waals surface area contributed by atoms with E-state index in [0.717, 1.165) is 29.8 Å². The Labute approximate surface area is 153 Å². The first-order valence-electron chi connectivity index (χ1n) is 8.42. The molecule has 2 atom stereocenters. The minimum absolute atomic E-state index is 0.00340. The van der Waals surface area contributed by atoms with E-state index in [1.54, 1.807) is 24.3 Å². The maximum absolute atomic E-state index is 12.4. The number of rotatable bonds is 7. The second kappa shape index (κ2) is 7.61. The first-order chi connectivity index (χ1) is 12.4. The van der Waals surface area contributed by atoms with Crippen LogP contribution in [-0.2, 0) is 19.6 Å². The minimum atomic E-state index is -3.65. The summed E-state index contributed by atoms with van der Waals surface area (Å²) in [6.07, 6.45) is 5.08. The van der Waals surface area contributed by atoms with Gasteiger partial charge in [0.25, 0.3) is 16.5 Å². The third-order valence-corrected chi connectivity index (χ3v) is 6.02. The number of nitrogens with one attached hydrogen (secondary N) is 2. The lowest BCUT2D eigenvalue weighted by Gasteiger charge is -2.43. The summed E-state index contributed by atoms with van der Waals surface area (Å²) >= 11 is 0. The van der Waals surface area contributed by atoms with Gasteiger partial charge in [0, 0.05) is 12.2 Å². The third kappa shape index (κ3) is 3.98. The molecule has 2 N–H and O–H groups in total. The number of carbonyl (C=O) groups excluding carboxylic acids is 1. The fourth-order valence-corrected chi connectivity index (χ4v) is 4.27. The number of hydrogen-bond donors (Lipinski definition) is 2. The molecule has 1 aliphatic carbocycles. The highest BCUT2D eigenvalue weighted by Gasteiger charge is 2.34. The number of fused-ring (bicyclic) bond motifs is 2. The van der Waals surface area contributed by atoms with Gasteiger partial charge in [0.1, 0.15) is 6.73 Å². The Balaban J connectivity index is 1.72. The summed E-state index contributed by atoms with van der Waals surface area (Å²) in [6, 6.07) is 6.67. The van der Waals surface area contributed by atoms with Crippen molar-refractivity contribution in [1.29, 1.82) is 0 Å². The smallest absolute Gasteiger partial charge is 0.294 e. The SMILES string of the molecule is C/C(NNS(=O)(=O)c1ccc(C)cc1)=C1\CC2C=CC1N(COC=O)C2. The monoisotopic (exact) mass is 377 g/mol. The zero-order valence-corrected chi connectivity index (χ0v) is 15.6. The van der Waals surface area contributed by atoms with Crippen LogP contribution in [0.2, 0.25) is 0 Å². The van der Waals surface area contributed by atoms with Crippen molar-refractivity contribution in [1.82, 2.24) is 15.2 Å². The number of hydrazine groups is 1. The summed E-state index contributed by atoms with van der Waals surface area (Å²) in [4.78, 5) is 15.2. The first kappa shape index (κ1) is 18.6. The van der Waals surface area contributed by atoms with Crippen molar-refractivity contribution in [3.63, 3.8) is 0 Å². The first-order valence-corrected chi connectivity index (χ1v) is 9.91. The van der Waals surface area contributed by atoms with Crippen LogP contribution in [0.25, 0.3) is 0 Å². The van der Waals surface area contributed by atoms with Crippen LogP contribution in [0.5, 0.6) is 0 Å². The molecule has 2 bridgehead atoms. The topological polar surface area (TPSA) is 87.7 Å². The van der Waals surface area contributed by atoms with Crippen LogP contribution < -0.4 is 10.3 Å². The molecule has 2 unspecified atom stereocenters. The highest BCUT2D eigenvalue weighted by atomic mass is 32.2. The molecule has 1 aromatic rings. The van der Waals surface area contributed by atoms with E-state index < -0.39 is 10.0 Å². The van der Waals surface area contributed by atoms with E-state index in [0.29, 0.717) is 12.4 Å². The van der Waals surface area contributed by atoms with Crippen LogP contribution in [0, 0.1) is 12.8 Å². The Bertz CT molecular complexity index is 830. The van der Waals surface area contributed by atoms with Crippen molar-refractivity contribution in [2.24, 2.45) is 5.92 Å². The molecule has 1 saturated heterocycles. The molecule has 140 valence electrons. The number of carbonyl (C=O) groups is 1. The maximum atomic E-state index is 12.4. The van der Waals surface area contributed by atoms with Gasteiger partial charge >= 0.3 is 0 Å². The molecular weight excluding hydrogens is 354 g/mol. The second-order valence-corrected chi connectivity index (χ2v) is 8.33. The Kier molecular flexibility index (Phi) is 5.45. The molecule has 0 aromatic heterocycles. The van der Waals surface area contributed by atoms with Crippen molar-refractivity contribution >= 4 is 16.5 Å². The molecule has 2 heterocycles. The normalized spacial score (nSPS) is 24.4. The summed E-state index contributed by atoms with van der Waals surface area (Å²) in [5, 5.41) is 0. The molecule has 2 aliphatic heterocycles. The molecule has 4 rings (SSSR count). The van der Waals surface area contributed by atoms with Crippen LogP contribution in [0.1, 0.15) is 18.9 Å². The van der Waals surface area contributed by atoms with Gasteiger partial charge in [-0.1, -0.05) is 29.8 Å². The predicted octanol–water partition coefficient (Wildman–Crippen LogP) is 1.44. The predicted molar refractivity (Wildman–Crippen MR) is 97.1 cm³/mol. The quantitative estimate of drug-likeness (QED) is 0.425.